The molecule has 0 aliphatic heterocycles. The predicted molar refractivity (Wildman–Crippen MR) is 172 cm³/mol. The van der Waals surface area contributed by atoms with Crippen molar-refractivity contribution in [2.45, 2.75) is 79.6 Å². The maximum atomic E-state index is 12.6. The van der Waals surface area contributed by atoms with Crippen molar-refractivity contribution in [3.05, 3.63) is 94.2 Å². The third kappa shape index (κ3) is 12.7. The molecule has 0 fully saturated rings. The van der Waals surface area contributed by atoms with E-state index in [1.165, 1.54) is 16.7 Å². The molecule has 0 saturated heterocycles. The van der Waals surface area contributed by atoms with E-state index in [-0.39, 0.29) is 5.92 Å². The molecule has 3 nitrogen and oxygen atoms in total. The fourth-order valence-corrected chi connectivity index (χ4v) is 4.97. The Labute approximate surface area is 240 Å². The fourth-order valence-electron chi connectivity index (χ4n) is 3.89. The van der Waals surface area contributed by atoms with E-state index in [9.17, 15) is 4.79 Å². The minimum atomic E-state index is 0.157. The molecular formula is C33H45ClN2OS. The molecular weight excluding hydrogens is 508 g/mol. The molecule has 0 saturated carbocycles. The van der Waals surface area contributed by atoms with E-state index in [4.69, 9.17) is 11.6 Å². The first-order valence-corrected chi connectivity index (χ1v) is 14.8. The zero-order valence-corrected chi connectivity index (χ0v) is 25.4. The Hall–Kier alpha value is -2.69. The van der Waals surface area contributed by atoms with Crippen LogP contribution in [0.4, 0.5) is 5.13 Å². The lowest BCUT2D eigenvalue weighted by Crippen LogP contribution is -2.13. The molecule has 1 heterocycles. The van der Waals surface area contributed by atoms with E-state index in [1.807, 2.05) is 38.2 Å². The third-order valence-electron chi connectivity index (χ3n) is 6.14. The number of carbonyl (C=O) groups excluding carboxylic acids is 1. The van der Waals surface area contributed by atoms with Gasteiger partial charge in [-0.25, -0.2) is 4.98 Å². The van der Waals surface area contributed by atoms with Gasteiger partial charge in [-0.2, -0.15) is 0 Å². The number of aromatic nitrogens is 1. The van der Waals surface area contributed by atoms with Crippen LogP contribution in [-0.4, -0.2) is 10.8 Å². The van der Waals surface area contributed by atoms with Crippen molar-refractivity contribution in [3.8, 4) is 0 Å². The Kier molecular flexibility index (Phi) is 17.0. The molecule has 0 aliphatic carbocycles. The van der Waals surface area contributed by atoms with Crippen LogP contribution < -0.4 is 5.32 Å². The number of nitrogens with zero attached hydrogens (tertiary/aromatic N) is 1. The summed E-state index contributed by atoms with van der Waals surface area (Å²) >= 11 is 7.32. The smallest absolute Gasteiger partial charge is 0.188 e. The van der Waals surface area contributed by atoms with Gasteiger partial charge in [-0.3, -0.25) is 4.79 Å². The van der Waals surface area contributed by atoms with Crippen molar-refractivity contribution in [2.24, 2.45) is 5.92 Å². The Balaban J connectivity index is 2.72. The van der Waals surface area contributed by atoms with E-state index in [0.29, 0.717) is 12.2 Å². The van der Waals surface area contributed by atoms with Gasteiger partial charge in [0.25, 0.3) is 0 Å². The summed E-state index contributed by atoms with van der Waals surface area (Å²) in [6, 6.07) is 0. The van der Waals surface area contributed by atoms with Crippen LogP contribution in [0.25, 0.3) is 12.2 Å². The highest BCUT2D eigenvalue weighted by Crippen LogP contribution is 2.27. The van der Waals surface area contributed by atoms with Crippen LogP contribution in [0.3, 0.4) is 0 Å². The molecule has 1 aromatic heterocycles. The second-order valence-corrected chi connectivity index (χ2v) is 10.5. The molecule has 5 heteroatoms. The van der Waals surface area contributed by atoms with E-state index >= 15 is 0 Å². The number of ketones is 1. The van der Waals surface area contributed by atoms with Crippen LogP contribution in [-0.2, 0) is 4.79 Å². The summed E-state index contributed by atoms with van der Waals surface area (Å²) in [5.74, 6) is 0.472. The summed E-state index contributed by atoms with van der Waals surface area (Å²) in [4.78, 5) is 18.3. The number of carbonyl (C=O) groups is 1. The van der Waals surface area contributed by atoms with Crippen molar-refractivity contribution in [2.75, 3.05) is 5.32 Å². The lowest BCUT2D eigenvalue weighted by atomic mass is 9.91. The van der Waals surface area contributed by atoms with Gasteiger partial charge in [0.2, 0.25) is 0 Å². The molecule has 0 bridgehead atoms. The largest absolute Gasteiger partial charge is 0.332 e. The molecule has 206 valence electrons. The normalized spacial score (nSPS) is 14.1. The van der Waals surface area contributed by atoms with Crippen LogP contribution in [0.1, 0.15) is 90.1 Å². The number of nitrogens with one attached hydrogen (secondary N) is 1. The van der Waals surface area contributed by atoms with E-state index in [0.717, 1.165) is 65.5 Å². The van der Waals surface area contributed by atoms with Gasteiger partial charge >= 0.3 is 0 Å². The lowest BCUT2D eigenvalue weighted by molar-refractivity contribution is -0.122. The van der Waals surface area contributed by atoms with E-state index in [2.05, 4.69) is 68.5 Å². The predicted octanol–water partition coefficient (Wildman–Crippen LogP) is 10.8. The summed E-state index contributed by atoms with van der Waals surface area (Å²) in [5.41, 5.74) is 6.65. The van der Waals surface area contributed by atoms with Crippen molar-refractivity contribution in [1.29, 1.82) is 0 Å². The van der Waals surface area contributed by atoms with Gasteiger partial charge in [-0.15, -0.1) is 0 Å². The first kappa shape index (κ1) is 33.3. The second-order valence-electron chi connectivity index (χ2n) is 9.26. The first-order chi connectivity index (χ1) is 18.3. The summed E-state index contributed by atoms with van der Waals surface area (Å²) in [6.45, 7) is 18.5. The molecule has 1 atom stereocenters. The van der Waals surface area contributed by atoms with Gasteiger partial charge in [0, 0.05) is 23.6 Å². The Bertz CT molecular complexity index is 1070. The van der Waals surface area contributed by atoms with E-state index < -0.39 is 0 Å². The van der Waals surface area contributed by atoms with E-state index in [1.54, 1.807) is 17.4 Å². The molecule has 1 N–H and O–H groups in total. The average Bonchev–Trinajstić information content (AvgIpc) is 3.27. The summed E-state index contributed by atoms with van der Waals surface area (Å²) in [5, 5.41) is 4.15. The topological polar surface area (TPSA) is 42.0 Å². The molecule has 1 unspecified atom stereocenters. The number of allylic oxidation sites excluding steroid dienone is 10. The molecule has 1 rings (SSSR count). The highest BCUT2D eigenvalue weighted by molar-refractivity contribution is 7.16. The molecule has 0 amide bonds. The zero-order valence-electron chi connectivity index (χ0n) is 23.9. The minimum Gasteiger partial charge on any atom is -0.332 e. The second kappa shape index (κ2) is 19.4. The minimum absolute atomic E-state index is 0.157. The zero-order chi connectivity index (χ0) is 28.3. The number of thiazole rings is 1. The van der Waals surface area contributed by atoms with Gasteiger partial charge in [-0.05, 0) is 75.8 Å². The highest BCUT2D eigenvalue weighted by Gasteiger charge is 2.15. The average molecular weight is 553 g/mol. The fraction of sp³-hybridized carbons (Fsp3) is 0.394. The van der Waals surface area contributed by atoms with Crippen LogP contribution in [0.15, 0.2) is 83.6 Å². The van der Waals surface area contributed by atoms with Crippen molar-refractivity contribution >= 4 is 46.0 Å². The molecule has 0 aromatic carbocycles. The number of hydrogen-bond acceptors (Lipinski definition) is 4. The van der Waals surface area contributed by atoms with Crippen LogP contribution in [0.5, 0.6) is 0 Å². The molecule has 0 spiro atoms. The van der Waals surface area contributed by atoms with Crippen LogP contribution in [0, 0.1) is 5.92 Å². The quantitative estimate of drug-likeness (QED) is 0.145. The lowest BCUT2D eigenvalue weighted by Gasteiger charge is -2.13. The monoisotopic (exact) mass is 552 g/mol. The maximum Gasteiger partial charge on any atom is 0.188 e. The van der Waals surface area contributed by atoms with Crippen molar-refractivity contribution in [3.63, 3.8) is 0 Å². The number of rotatable bonds is 18. The Morgan fingerprint density at radius 3 is 2.53 bits per heavy atom. The van der Waals surface area contributed by atoms with Crippen molar-refractivity contribution in [1.82, 2.24) is 4.98 Å². The number of Topliss-reactive ketones (excluding diaryl/α,β-unsaturated/α-hetero) is 1. The maximum absolute atomic E-state index is 12.6. The van der Waals surface area contributed by atoms with Gasteiger partial charge in [0.05, 0.1) is 10.6 Å². The first-order valence-electron chi connectivity index (χ1n) is 13.5. The number of hydrogen-bond donors (Lipinski definition) is 1. The third-order valence-corrected chi connectivity index (χ3v) is 7.22. The summed E-state index contributed by atoms with van der Waals surface area (Å²) < 4.78 is 0. The van der Waals surface area contributed by atoms with Gasteiger partial charge in [-0.1, -0.05) is 105 Å². The van der Waals surface area contributed by atoms with Crippen LogP contribution in [0.2, 0.25) is 0 Å². The summed E-state index contributed by atoms with van der Waals surface area (Å²) in [6.07, 6.45) is 24.3. The standard InChI is InChI=1S/C33H45ClN2OS/c1-8-13-17-28(11-4)31(37)24-26(7)19-20-27(10-3)23-25(6)16-14-18-29(12-5)35-33-36-30(15-9-2)32(38-33)21-22-34/h9-10,12,15-16,18-22,28H,5,7-8,11,13-14,17,23-24H2,1-4,6H3,(H,35,36)/b15-9-,20-19-,22-21+,25-16+,27-10+,29-18+. The highest BCUT2D eigenvalue weighted by atomic mass is 35.5. The summed E-state index contributed by atoms with van der Waals surface area (Å²) in [7, 11) is 0. The van der Waals surface area contributed by atoms with Crippen molar-refractivity contribution < 1.29 is 4.79 Å². The molecule has 0 aliphatic rings. The number of anilines is 1. The van der Waals surface area contributed by atoms with Gasteiger partial charge in [0.15, 0.2) is 5.13 Å². The SMILES string of the molecule is C=C/C(=C\C/C=C(\C)CC(/C=C\C(=C)CC(=O)C(CC)CCCC)=C/C)Nc1nc(/C=C\C)c(/C=C/Cl)s1. The number of unbranched alkanes of at least 4 members (excludes halogenated alkanes) is 1. The molecule has 0 radical (unpaired) electrons. The van der Waals surface area contributed by atoms with Gasteiger partial charge < -0.3 is 5.32 Å². The van der Waals surface area contributed by atoms with Crippen LogP contribution >= 0.6 is 22.9 Å². The Morgan fingerprint density at radius 2 is 1.92 bits per heavy atom. The number of halogens is 1. The molecule has 1 aromatic rings. The molecule has 38 heavy (non-hydrogen) atoms. The Morgan fingerprint density at radius 1 is 1.16 bits per heavy atom. The van der Waals surface area contributed by atoms with Gasteiger partial charge in [0.1, 0.15) is 5.78 Å².